The Hall–Kier alpha value is -0.730. The van der Waals surface area contributed by atoms with Gasteiger partial charge in [0.15, 0.2) is 0 Å². The minimum Gasteiger partial charge on any atom is -0.336 e. The molecule has 0 fully saturated rings. The number of carbonyl (C=O) groups excluding carboxylic acids is 1. The normalized spacial score (nSPS) is 10.8. The molecule has 2 nitrogen and oxygen atoms in total. The van der Waals surface area contributed by atoms with Crippen molar-refractivity contribution in [2.75, 3.05) is 12.4 Å². The van der Waals surface area contributed by atoms with Crippen molar-refractivity contribution in [1.29, 1.82) is 0 Å². The number of amides is 1. The molecule has 0 unspecified atom stereocenters. The molecule has 0 aliphatic carbocycles. The Morgan fingerprint density at radius 3 is 2.56 bits per heavy atom. The average molecular weight is 288 g/mol. The van der Waals surface area contributed by atoms with Crippen LogP contribution in [-0.2, 0) is 0 Å². The Morgan fingerprint density at radius 2 is 2.06 bits per heavy atom. The number of nitrogens with zero attached hydrogens (tertiary/aromatic N) is 1. The number of halogens is 2. The van der Waals surface area contributed by atoms with Crippen molar-refractivity contribution in [2.45, 2.75) is 33.2 Å². The van der Waals surface area contributed by atoms with Gasteiger partial charge in [0, 0.05) is 29.1 Å². The number of benzene rings is 1. The summed E-state index contributed by atoms with van der Waals surface area (Å²) >= 11 is 11.7. The lowest BCUT2D eigenvalue weighted by molar-refractivity contribution is 0.0706. The molecule has 100 valence electrons. The first-order valence-corrected chi connectivity index (χ1v) is 7.01. The van der Waals surface area contributed by atoms with Crippen LogP contribution >= 0.6 is 23.2 Å². The third kappa shape index (κ3) is 3.89. The van der Waals surface area contributed by atoms with Gasteiger partial charge in [-0.15, -0.1) is 11.6 Å². The summed E-state index contributed by atoms with van der Waals surface area (Å²) in [5.74, 6) is 0.572. The number of rotatable bonds is 5. The van der Waals surface area contributed by atoms with E-state index in [2.05, 4.69) is 0 Å². The van der Waals surface area contributed by atoms with Crippen molar-refractivity contribution in [3.63, 3.8) is 0 Å². The molecule has 4 heteroatoms. The number of carbonyl (C=O) groups is 1. The number of alkyl halides is 1. The Labute approximate surface area is 119 Å². The molecule has 1 rings (SSSR count). The summed E-state index contributed by atoms with van der Waals surface area (Å²) in [6.07, 6.45) is 0.797. The number of aryl methyl sites for hydroxylation is 1. The maximum absolute atomic E-state index is 12.4. The Kier molecular flexibility index (Phi) is 5.97. The summed E-state index contributed by atoms with van der Waals surface area (Å²) in [7, 11) is 0. The van der Waals surface area contributed by atoms with Gasteiger partial charge in [-0.05, 0) is 44.9 Å². The van der Waals surface area contributed by atoms with Gasteiger partial charge in [0.1, 0.15) is 0 Å². The summed E-state index contributed by atoms with van der Waals surface area (Å²) in [4.78, 5) is 14.2. The molecule has 0 bridgehead atoms. The fourth-order valence-electron chi connectivity index (χ4n) is 1.72. The molecule has 0 N–H and O–H groups in total. The first kappa shape index (κ1) is 15.3. The molecule has 0 saturated carbocycles. The molecule has 18 heavy (non-hydrogen) atoms. The lowest BCUT2D eigenvalue weighted by Crippen LogP contribution is -2.37. The van der Waals surface area contributed by atoms with Crippen LogP contribution in [0.5, 0.6) is 0 Å². The van der Waals surface area contributed by atoms with Crippen LogP contribution in [0.15, 0.2) is 18.2 Å². The molecule has 0 spiro atoms. The van der Waals surface area contributed by atoms with Gasteiger partial charge < -0.3 is 4.90 Å². The van der Waals surface area contributed by atoms with Crippen LogP contribution in [0, 0.1) is 6.92 Å². The summed E-state index contributed by atoms with van der Waals surface area (Å²) in [5.41, 5.74) is 1.61. The largest absolute Gasteiger partial charge is 0.336 e. The topological polar surface area (TPSA) is 20.3 Å². The summed E-state index contributed by atoms with van der Waals surface area (Å²) in [6.45, 7) is 6.60. The minimum absolute atomic E-state index is 0.0111. The Balaban J connectivity index is 2.91. The first-order valence-electron chi connectivity index (χ1n) is 6.10. The highest BCUT2D eigenvalue weighted by atomic mass is 35.5. The van der Waals surface area contributed by atoms with Crippen molar-refractivity contribution in [2.24, 2.45) is 0 Å². The van der Waals surface area contributed by atoms with Gasteiger partial charge in [-0.2, -0.15) is 0 Å². The van der Waals surface area contributed by atoms with Crippen LogP contribution in [-0.4, -0.2) is 29.3 Å². The molecule has 0 atom stereocenters. The van der Waals surface area contributed by atoms with Gasteiger partial charge in [-0.1, -0.05) is 17.7 Å². The van der Waals surface area contributed by atoms with Crippen molar-refractivity contribution < 1.29 is 4.79 Å². The van der Waals surface area contributed by atoms with Gasteiger partial charge >= 0.3 is 0 Å². The number of hydrogen-bond donors (Lipinski definition) is 0. The Bertz CT molecular complexity index is 418. The van der Waals surface area contributed by atoms with Crippen LogP contribution in [0.25, 0.3) is 0 Å². The summed E-state index contributed by atoms with van der Waals surface area (Å²) in [6, 6.07) is 5.57. The molecular formula is C14H19Cl2NO. The van der Waals surface area contributed by atoms with Crippen molar-refractivity contribution >= 4 is 29.1 Å². The second kappa shape index (κ2) is 7.01. The third-order valence-electron chi connectivity index (χ3n) is 2.84. The van der Waals surface area contributed by atoms with E-state index in [1.54, 1.807) is 6.07 Å². The van der Waals surface area contributed by atoms with Crippen LogP contribution in [0.2, 0.25) is 5.02 Å². The van der Waals surface area contributed by atoms with Crippen LogP contribution < -0.4 is 0 Å². The number of hydrogen-bond acceptors (Lipinski definition) is 1. The summed E-state index contributed by atoms with van der Waals surface area (Å²) in [5, 5.41) is 0.627. The SMILES string of the molecule is Cc1ccc(C(=O)N(CCCCl)C(C)C)cc1Cl. The van der Waals surface area contributed by atoms with Gasteiger partial charge in [-0.25, -0.2) is 0 Å². The predicted octanol–water partition coefficient (Wildman–Crippen LogP) is 4.13. The fourth-order valence-corrected chi connectivity index (χ4v) is 2.02. The van der Waals surface area contributed by atoms with Crippen molar-refractivity contribution in [1.82, 2.24) is 4.90 Å². The zero-order chi connectivity index (χ0) is 13.7. The summed E-state index contributed by atoms with van der Waals surface area (Å²) < 4.78 is 0. The Morgan fingerprint density at radius 1 is 1.39 bits per heavy atom. The molecule has 1 aromatic carbocycles. The maximum Gasteiger partial charge on any atom is 0.254 e. The fraction of sp³-hybridized carbons (Fsp3) is 0.500. The van der Waals surface area contributed by atoms with Crippen molar-refractivity contribution in [3.8, 4) is 0 Å². The van der Waals surface area contributed by atoms with E-state index in [1.165, 1.54) is 0 Å². The van der Waals surface area contributed by atoms with Gasteiger partial charge in [0.05, 0.1) is 0 Å². The van der Waals surface area contributed by atoms with Crippen molar-refractivity contribution in [3.05, 3.63) is 34.3 Å². The van der Waals surface area contributed by atoms with Crippen LogP contribution in [0.4, 0.5) is 0 Å². The van der Waals surface area contributed by atoms with Gasteiger partial charge in [-0.3, -0.25) is 4.79 Å². The smallest absolute Gasteiger partial charge is 0.254 e. The van der Waals surface area contributed by atoms with Crippen LogP contribution in [0.3, 0.4) is 0 Å². The minimum atomic E-state index is 0.0111. The van der Waals surface area contributed by atoms with E-state index in [1.807, 2.05) is 37.8 Å². The highest BCUT2D eigenvalue weighted by molar-refractivity contribution is 6.31. The maximum atomic E-state index is 12.4. The molecular weight excluding hydrogens is 269 g/mol. The van der Waals surface area contributed by atoms with Crippen LogP contribution in [0.1, 0.15) is 36.2 Å². The lowest BCUT2D eigenvalue weighted by Gasteiger charge is -2.26. The molecule has 0 aliphatic rings. The zero-order valence-corrected chi connectivity index (χ0v) is 12.6. The van der Waals surface area contributed by atoms with Gasteiger partial charge in [0.25, 0.3) is 5.91 Å². The molecule has 1 amide bonds. The van der Waals surface area contributed by atoms with Gasteiger partial charge in [0.2, 0.25) is 0 Å². The third-order valence-corrected chi connectivity index (χ3v) is 3.51. The standard InChI is InChI=1S/C14H19Cl2NO/c1-10(2)17(8-4-7-15)14(18)12-6-5-11(3)13(16)9-12/h5-6,9-10H,4,7-8H2,1-3H3. The van der Waals surface area contributed by atoms with E-state index in [4.69, 9.17) is 23.2 Å². The zero-order valence-electron chi connectivity index (χ0n) is 11.0. The van der Waals surface area contributed by atoms with E-state index in [-0.39, 0.29) is 11.9 Å². The molecule has 0 radical (unpaired) electrons. The lowest BCUT2D eigenvalue weighted by atomic mass is 10.1. The van der Waals surface area contributed by atoms with E-state index in [0.29, 0.717) is 23.0 Å². The average Bonchev–Trinajstić information content (AvgIpc) is 2.32. The van der Waals surface area contributed by atoms with E-state index >= 15 is 0 Å². The molecule has 0 aromatic heterocycles. The van der Waals surface area contributed by atoms with E-state index in [0.717, 1.165) is 12.0 Å². The predicted molar refractivity (Wildman–Crippen MR) is 77.7 cm³/mol. The first-order chi connectivity index (χ1) is 8.47. The molecule has 0 saturated heterocycles. The monoisotopic (exact) mass is 287 g/mol. The highest BCUT2D eigenvalue weighted by Crippen LogP contribution is 2.18. The van der Waals surface area contributed by atoms with E-state index in [9.17, 15) is 4.79 Å². The molecule has 0 aliphatic heterocycles. The highest BCUT2D eigenvalue weighted by Gasteiger charge is 2.18. The quantitative estimate of drug-likeness (QED) is 0.746. The molecule has 0 heterocycles. The van der Waals surface area contributed by atoms with E-state index < -0.39 is 0 Å². The second-order valence-electron chi connectivity index (χ2n) is 4.60. The second-order valence-corrected chi connectivity index (χ2v) is 5.38. The molecule has 1 aromatic rings.